The Labute approximate surface area is 155 Å². The molecule has 1 fully saturated rings. The van der Waals surface area contributed by atoms with Gasteiger partial charge in [0.15, 0.2) is 0 Å². The van der Waals surface area contributed by atoms with Gasteiger partial charge in [0.25, 0.3) is 5.69 Å². The summed E-state index contributed by atoms with van der Waals surface area (Å²) in [6, 6.07) is 13.0. The van der Waals surface area contributed by atoms with Crippen LogP contribution in [0.1, 0.15) is 18.9 Å². The Morgan fingerprint density at radius 3 is 2.30 bits per heavy atom. The number of nitrogens with zero attached hydrogens (tertiary/aromatic N) is 2. The third-order valence-electron chi connectivity index (χ3n) is 4.09. The Hall–Kier alpha value is -3.42. The Bertz CT molecular complexity index is 848. The zero-order chi connectivity index (χ0) is 19.4. The molecule has 3 rings (SSSR count). The molecule has 0 saturated carbocycles. The van der Waals surface area contributed by atoms with Gasteiger partial charge in [0.05, 0.1) is 17.9 Å². The van der Waals surface area contributed by atoms with Gasteiger partial charge in [-0.15, -0.1) is 0 Å². The molecule has 1 amide bonds. The molecule has 1 aliphatic rings. The second kappa shape index (κ2) is 7.86. The first-order chi connectivity index (χ1) is 12.9. The van der Waals surface area contributed by atoms with Gasteiger partial charge in [-0.1, -0.05) is 12.1 Å². The predicted molar refractivity (Wildman–Crippen MR) is 95.2 cm³/mol. The third-order valence-corrected chi connectivity index (χ3v) is 4.09. The number of rotatable bonds is 6. The highest BCUT2D eigenvalue weighted by Gasteiger charge is 2.31. The van der Waals surface area contributed by atoms with Gasteiger partial charge < -0.3 is 14.4 Å². The van der Waals surface area contributed by atoms with E-state index in [1.807, 2.05) is 12.1 Å². The molecule has 1 aliphatic heterocycles. The normalized spacial score (nSPS) is 16.3. The van der Waals surface area contributed by atoms with Crippen LogP contribution in [0.5, 0.6) is 11.5 Å². The van der Waals surface area contributed by atoms with E-state index in [9.17, 15) is 19.7 Å². The molecule has 0 N–H and O–H groups in total. The summed E-state index contributed by atoms with van der Waals surface area (Å²) < 4.78 is 10.8. The second-order valence-corrected chi connectivity index (χ2v) is 6.21. The van der Waals surface area contributed by atoms with Gasteiger partial charge in [-0.25, -0.2) is 0 Å². The van der Waals surface area contributed by atoms with Crippen LogP contribution in [-0.2, 0) is 20.9 Å². The first-order valence-electron chi connectivity index (χ1n) is 8.37. The van der Waals surface area contributed by atoms with E-state index in [2.05, 4.69) is 0 Å². The lowest BCUT2D eigenvalue weighted by Gasteiger charge is -2.17. The van der Waals surface area contributed by atoms with Gasteiger partial charge in [0.1, 0.15) is 17.6 Å². The van der Waals surface area contributed by atoms with Crippen molar-refractivity contribution >= 4 is 17.6 Å². The van der Waals surface area contributed by atoms with Crippen LogP contribution in [-0.4, -0.2) is 34.3 Å². The topological polar surface area (TPSA) is 99.0 Å². The third kappa shape index (κ3) is 4.81. The van der Waals surface area contributed by atoms with Crippen molar-refractivity contribution in [1.82, 2.24) is 4.90 Å². The molecule has 2 aromatic rings. The quantitative estimate of drug-likeness (QED) is 0.440. The molecule has 1 unspecified atom stereocenters. The number of likely N-dealkylation sites (tertiary alicyclic amines) is 1. The number of nitro groups is 1. The summed E-state index contributed by atoms with van der Waals surface area (Å²) >= 11 is 0. The minimum atomic E-state index is -0.468. The molecule has 0 aromatic heterocycles. The van der Waals surface area contributed by atoms with Gasteiger partial charge in [-0.3, -0.25) is 19.7 Å². The smallest absolute Gasteiger partial charge is 0.302 e. The zero-order valence-corrected chi connectivity index (χ0v) is 14.7. The van der Waals surface area contributed by atoms with Crippen molar-refractivity contribution in [2.24, 2.45) is 0 Å². The van der Waals surface area contributed by atoms with Crippen molar-refractivity contribution in [2.45, 2.75) is 26.0 Å². The molecule has 8 nitrogen and oxygen atoms in total. The molecule has 1 atom stereocenters. The molecule has 0 bridgehead atoms. The molecule has 0 aliphatic carbocycles. The average molecular weight is 370 g/mol. The van der Waals surface area contributed by atoms with Crippen molar-refractivity contribution in [1.29, 1.82) is 0 Å². The van der Waals surface area contributed by atoms with Crippen LogP contribution in [0.2, 0.25) is 0 Å². The van der Waals surface area contributed by atoms with Crippen LogP contribution in [0.3, 0.4) is 0 Å². The van der Waals surface area contributed by atoms with Crippen LogP contribution in [0, 0.1) is 10.1 Å². The fourth-order valence-electron chi connectivity index (χ4n) is 2.86. The molecule has 140 valence electrons. The van der Waals surface area contributed by atoms with Crippen LogP contribution in [0.4, 0.5) is 5.69 Å². The first-order valence-corrected chi connectivity index (χ1v) is 8.37. The van der Waals surface area contributed by atoms with Crippen molar-refractivity contribution < 1.29 is 24.0 Å². The minimum absolute atomic E-state index is 0.0000325. The molecule has 0 radical (unpaired) electrons. The molecule has 2 aromatic carbocycles. The van der Waals surface area contributed by atoms with E-state index in [0.717, 1.165) is 5.56 Å². The Morgan fingerprint density at radius 1 is 1.15 bits per heavy atom. The van der Waals surface area contributed by atoms with Crippen LogP contribution in [0.15, 0.2) is 48.5 Å². The Kier molecular flexibility index (Phi) is 5.35. The lowest BCUT2D eigenvalue weighted by molar-refractivity contribution is -0.384. The Morgan fingerprint density at radius 2 is 1.74 bits per heavy atom. The van der Waals surface area contributed by atoms with E-state index in [0.29, 0.717) is 24.6 Å². The number of carbonyl (C=O) groups excluding carboxylic acids is 2. The zero-order valence-electron chi connectivity index (χ0n) is 14.7. The van der Waals surface area contributed by atoms with Crippen molar-refractivity contribution in [3.8, 4) is 11.5 Å². The number of ether oxygens (including phenoxy) is 2. The van der Waals surface area contributed by atoms with Crippen molar-refractivity contribution in [2.75, 3.05) is 6.54 Å². The molecule has 27 heavy (non-hydrogen) atoms. The number of nitro benzene ring substituents is 1. The molecule has 1 saturated heterocycles. The maximum atomic E-state index is 12.0. The van der Waals surface area contributed by atoms with E-state index in [-0.39, 0.29) is 30.1 Å². The second-order valence-electron chi connectivity index (χ2n) is 6.21. The number of esters is 1. The number of benzene rings is 2. The maximum absolute atomic E-state index is 12.0. The van der Waals surface area contributed by atoms with Gasteiger partial charge in [0.2, 0.25) is 5.91 Å². The van der Waals surface area contributed by atoms with Gasteiger partial charge in [-0.05, 0) is 29.8 Å². The predicted octanol–water partition coefficient (Wildman–Crippen LogP) is 3.05. The monoisotopic (exact) mass is 370 g/mol. The average Bonchev–Trinajstić information content (AvgIpc) is 2.95. The summed E-state index contributed by atoms with van der Waals surface area (Å²) in [6.45, 7) is 2.14. The highest BCUT2D eigenvalue weighted by Crippen LogP contribution is 2.25. The molecular formula is C19H18N2O6. The molecule has 8 heteroatoms. The van der Waals surface area contributed by atoms with Crippen molar-refractivity contribution in [3.63, 3.8) is 0 Å². The summed E-state index contributed by atoms with van der Waals surface area (Å²) in [7, 11) is 0. The van der Waals surface area contributed by atoms with Gasteiger partial charge >= 0.3 is 5.97 Å². The Balaban J connectivity index is 1.58. The number of carbonyl (C=O) groups is 2. The van der Waals surface area contributed by atoms with Gasteiger partial charge in [0, 0.05) is 25.6 Å². The fraction of sp³-hybridized carbons (Fsp3) is 0.263. The van der Waals surface area contributed by atoms with E-state index in [4.69, 9.17) is 9.47 Å². The van der Waals surface area contributed by atoms with E-state index in [1.54, 1.807) is 17.0 Å². The minimum Gasteiger partial charge on any atom is -0.460 e. The number of hydrogen-bond acceptors (Lipinski definition) is 6. The number of hydrogen-bond donors (Lipinski definition) is 0. The highest BCUT2D eigenvalue weighted by molar-refractivity contribution is 5.79. The van der Waals surface area contributed by atoms with E-state index in [1.165, 1.54) is 31.2 Å². The van der Waals surface area contributed by atoms with Crippen LogP contribution >= 0.6 is 0 Å². The maximum Gasteiger partial charge on any atom is 0.302 e. The van der Waals surface area contributed by atoms with Crippen LogP contribution < -0.4 is 4.74 Å². The van der Waals surface area contributed by atoms with Crippen molar-refractivity contribution in [3.05, 3.63) is 64.2 Å². The molecular weight excluding hydrogens is 352 g/mol. The van der Waals surface area contributed by atoms with E-state index >= 15 is 0 Å². The van der Waals surface area contributed by atoms with Crippen LogP contribution in [0.25, 0.3) is 0 Å². The first kappa shape index (κ1) is 18.4. The highest BCUT2D eigenvalue weighted by atomic mass is 16.6. The summed E-state index contributed by atoms with van der Waals surface area (Å²) in [5, 5.41) is 10.7. The van der Waals surface area contributed by atoms with E-state index < -0.39 is 4.92 Å². The fourth-order valence-corrected chi connectivity index (χ4v) is 2.86. The molecule has 0 spiro atoms. The number of amides is 1. The summed E-state index contributed by atoms with van der Waals surface area (Å²) in [6.07, 6.45) is -0.180. The van der Waals surface area contributed by atoms with Gasteiger partial charge in [-0.2, -0.15) is 0 Å². The molecule has 1 heterocycles. The largest absolute Gasteiger partial charge is 0.460 e. The summed E-state index contributed by atoms with van der Waals surface area (Å²) in [5.74, 6) is 0.639. The summed E-state index contributed by atoms with van der Waals surface area (Å²) in [4.78, 5) is 34.9. The number of non-ortho nitro benzene ring substituents is 1. The lowest BCUT2D eigenvalue weighted by Crippen LogP contribution is -2.26. The SMILES string of the molecule is CC(=O)OC1CC(=O)N(Cc2ccc(Oc3ccc([N+](=O)[O-])cc3)cc2)C1. The standard InChI is InChI=1S/C19H18N2O6/c1-13(22)26-18-10-19(23)20(12-18)11-14-2-6-16(7-3-14)27-17-8-4-15(5-9-17)21(24)25/h2-9,18H,10-12H2,1H3. The lowest BCUT2D eigenvalue weighted by atomic mass is 10.2. The summed E-state index contributed by atoms with van der Waals surface area (Å²) in [5.41, 5.74) is 0.919.